The van der Waals surface area contributed by atoms with E-state index in [0.717, 1.165) is 41.2 Å². The Balaban J connectivity index is 1.61. The lowest BCUT2D eigenvalue weighted by atomic mass is 10.2. The molecule has 0 saturated carbocycles. The third-order valence-corrected chi connectivity index (χ3v) is 4.05. The molecule has 0 unspecified atom stereocenters. The molecule has 2 aromatic heterocycles. The van der Waals surface area contributed by atoms with Gasteiger partial charge in [-0.05, 0) is 36.5 Å². The molecule has 5 nitrogen and oxygen atoms in total. The number of H-pyrrole nitrogens is 2. The standard InChI is InChI=1S/C17H15N5S/c23-17-21-20-16(22(17)12-6-2-1-3-7-12)11-10-15-18-13-8-4-5-9-14(13)19-15/h1-9H,10-11H2,(H,18,19)(H,21,23). The number of nitrogens with zero attached hydrogens (tertiary/aromatic N) is 3. The van der Waals surface area contributed by atoms with E-state index < -0.39 is 0 Å². The predicted octanol–water partition coefficient (Wildman–Crippen LogP) is 3.59. The summed E-state index contributed by atoms with van der Waals surface area (Å²) in [6, 6.07) is 18.1. The third kappa shape index (κ3) is 2.68. The molecule has 0 bridgehead atoms. The van der Waals surface area contributed by atoms with Gasteiger partial charge in [-0.15, -0.1) is 0 Å². The molecule has 0 amide bonds. The molecule has 0 fully saturated rings. The predicted molar refractivity (Wildman–Crippen MR) is 92.3 cm³/mol. The number of aryl methyl sites for hydroxylation is 2. The fourth-order valence-electron chi connectivity index (χ4n) is 2.69. The summed E-state index contributed by atoms with van der Waals surface area (Å²) in [6.07, 6.45) is 1.53. The maximum absolute atomic E-state index is 5.36. The van der Waals surface area contributed by atoms with Crippen molar-refractivity contribution in [2.24, 2.45) is 0 Å². The van der Waals surface area contributed by atoms with Crippen LogP contribution < -0.4 is 0 Å². The smallest absolute Gasteiger partial charge is 0.199 e. The second kappa shape index (κ2) is 5.81. The van der Waals surface area contributed by atoms with E-state index in [4.69, 9.17) is 12.2 Å². The van der Waals surface area contributed by atoms with Crippen molar-refractivity contribution >= 4 is 23.3 Å². The van der Waals surface area contributed by atoms with Crippen LogP contribution in [0.2, 0.25) is 0 Å². The van der Waals surface area contributed by atoms with Gasteiger partial charge in [0.2, 0.25) is 0 Å². The van der Waals surface area contributed by atoms with Crippen molar-refractivity contribution in [3.05, 3.63) is 71.0 Å². The Morgan fingerprint density at radius 2 is 1.74 bits per heavy atom. The number of aromatic amines is 2. The highest BCUT2D eigenvalue weighted by Crippen LogP contribution is 2.14. The number of fused-ring (bicyclic) bond motifs is 1. The minimum atomic E-state index is 0.607. The zero-order chi connectivity index (χ0) is 15.6. The van der Waals surface area contributed by atoms with E-state index in [1.54, 1.807) is 0 Å². The van der Waals surface area contributed by atoms with Crippen LogP contribution in [-0.2, 0) is 12.8 Å². The lowest BCUT2D eigenvalue weighted by Gasteiger charge is -2.05. The number of rotatable bonds is 4. The lowest BCUT2D eigenvalue weighted by Crippen LogP contribution is -2.04. The Bertz CT molecular complexity index is 963. The topological polar surface area (TPSA) is 62.3 Å². The summed E-state index contributed by atoms with van der Waals surface area (Å²) >= 11 is 5.36. The molecular weight excluding hydrogens is 306 g/mol. The average Bonchev–Trinajstić information content (AvgIpc) is 3.16. The van der Waals surface area contributed by atoms with Crippen molar-refractivity contribution in [2.75, 3.05) is 0 Å². The SMILES string of the molecule is S=c1[nH]nc(CCc2nc3ccccc3[nH]2)n1-c1ccccc1. The second-order valence-electron chi connectivity index (χ2n) is 5.32. The number of aromatic nitrogens is 5. The van der Waals surface area contributed by atoms with Gasteiger partial charge in [0.05, 0.1) is 11.0 Å². The molecule has 23 heavy (non-hydrogen) atoms. The second-order valence-corrected chi connectivity index (χ2v) is 5.70. The van der Waals surface area contributed by atoms with Crippen molar-refractivity contribution in [1.29, 1.82) is 0 Å². The van der Waals surface area contributed by atoms with Crippen LogP contribution in [0.1, 0.15) is 11.6 Å². The third-order valence-electron chi connectivity index (χ3n) is 3.78. The van der Waals surface area contributed by atoms with Gasteiger partial charge in [0.1, 0.15) is 11.6 Å². The van der Waals surface area contributed by atoms with Crippen LogP contribution in [0.15, 0.2) is 54.6 Å². The molecule has 4 aromatic rings. The molecule has 0 aliphatic rings. The van der Waals surface area contributed by atoms with Crippen LogP contribution in [0, 0.1) is 4.77 Å². The van der Waals surface area contributed by atoms with Crippen molar-refractivity contribution in [2.45, 2.75) is 12.8 Å². The Labute approximate surface area is 138 Å². The van der Waals surface area contributed by atoms with E-state index >= 15 is 0 Å². The molecule has 0 saturated heterocycles. The summed E-state index contributed by atoms with van der Waals surface area (Å²) in [5.74, 6) is 1.86. The minimum absolute atomic E-state index is 0.607. The van der Waals surface area contributed by atoms with Crippen LogP contribution >= 0.6 is 12.2 Å². The van der Waals surface area contributed by atoms with Crippen molar-refractivity contribution in [1.82, 2.24) is 24.7 Å². The van der Waals surface area contributed by atoms with E-state index in [1.165, 1.54) is 0 Å². The number of hydrogen-bond acceptors (Lipinski definition) is 3. The van der Waals surface area contributed by atoms with Crippen LogP contribution in [-0.4, -0.2) is 24.7 Å². The van der Waals surface area contributed by atoms with Crippen molar-refractivity contribution < 1.29 is 0 Å². The van der Waals surface area contributed by atoms with Gasteiger partial charge in [-0.3, -0.25) is 9.67 Å². The van der Waals surface area contributed by atoms with Crippen LogP contribution in [0.3, 0.4) is 0 Å². The Morgan fingerprint density at radius 1 is 0.957 bits per heavy atom. The van der Waals surface area contributed by atoms with Gasteiger partial charge >= 0.3 is 0 Å². The zero-order valence-corrected chi connectivity index (χ0v) is 13.2. The van der Waals surface area contributed by atoms with Gasteiger partial charge in [-0.1, -0.05) is 30.3 Å². The summed E-state index contributed by atoms with van der Waals surface area (Å²) in [5, 5.41) is 7.25. The Kier molecular flexibility index (Phi) is 3.51. The van der Waals surface area contributed by atoms with Crippen LogP contribution in [0.25, 0.3) is 16.7 Å². The summed E-state index contributed by atoms with van der Waals surface area (Å²) in [6.45, 7) is 0. The first-order valence-electron chi connectivity index (χ1n) is 7.46. The number of benzene rings is 2. The molecule has 6 heteroatoms. The molecule has 114 valence electrons. The van der Waals surface area contributed by atoms with Gasteiger partial charge in [0.25, 0.3) is 0 Å². The molecule has 2 N–H and O–H groups in total. The number of hydrogen-bond donors (Lipinski definition) is 2. The van der Waals surface area contributed by atoms with E-state index in [2.05, 4.69) is 20.2 Å². The minimum Gasteiger partial charge on any atom is -0.342 e. The quantitative estimate of drug-likeness (QED) is 0.565. The highest BCUT2D eigenvalue weighted by Gasteiger charge is 2.10. The molecule has 0 atom stereocenters. The first-order valence-corrected chi connectivity index (χ1v) is 7.87. The summed E-state index contributed by atoms with van der Waals surface area (Å²) in [4.78, 5) is 7.96. The monoisotopic (exact) mass is 321 g/mol. The first-order chi connectivity index (χ1) is 11.3. The van der Waals surface area contributed by atoms with Gasteiger partial charge in [0.15, 0.2) is 4.77 Å². The summed E-state index contributed by atoms with van der Waals surface area (Å²) in [7, 11) is 0. The Morgan fingerprint density at radius 3 is 2.57 bits per heavy atom. The maximum atomic E-state index is 5.36. The van der Waals surface area contributed by atoms with E-state index in [0.29, 0.717) is 4.77 Å². The molecule has 0 spiro atoms. The van der Waals surface area contributed by atoms with E-state index in [1.807, 2.05) is 59.2 Å². The summed E-state index contributed by atoms with van der Waals surface area (Å²) < 4.78 is 2.58. The summed E-state index contributed by atoms with van der Waals surface area (Å²) in [5.41, 5.74) is 3.07. The van der Waals surface area contributed by atoms with Gasteiger partial charge in [-0.2, -0.15) is 5.10 Å². The van der Waals surface area contributed by atoms with Gasteiger partial charge < -0.3 is 4.98 Å². The normalized spacial score (nSPS) is 11.1. The number of para-hydroxylation sites is 3. The molecule has 2 heterocycles. The van der Waals surface area contributed by atoms with Crippen LogP contribution in [0.4, 0.5) is 0 Å². The van der Waals surface area contributed by atoms with E-state index in [9.17, 15) is 0 Å². The molecule has 4 rings (SSSR count). The maximum Gasteiger partial charge on any atom is 0.199 e. The molecule has 2 aromatic carbocycles. The largest absolute Gasteiger partial charge is 0.342 e. The molecule has 0 radical (unpaired) electrons. The first kappa shape index (κ1) is 13.9. The fourth-order valence-corrected chi connectivity index (χ4v) is 2.95. The highest BCUT2D eigenvalue weighted by molar-refractivity contribution is 7.71. The van der Waals surface area contributed by atoms with Crippen LogP contribution in [0.5, 0.6) is 0 Å². The fraction of sp³-hybridized carbons (Fsp3) is 0.118. The molecular formula is C17H15N5S. The number of imidazole rings is 1. The average molecular weight is 321 g/mol. The van der Waals surface area contributed by atoms with E-state index in [-0.39, 0.29) is 0 Å². The number of nitrogens with one attached hydrogen (secondary N) is 2. The van der Waals surface area contributed by atoms with Gasteiger partial charge in [0, 0.05) is 18.5 Å². The molecule has 0 aliphatic heterocycles. The lowest BCUT2D eigenvalue weighted by molar-refractivity contribution is 0.793. The molecule has 0 aliphatic carbocycles. The van der Waals surface area contributed by atoms with Crippen molar-refractivity contribution in [3.63, 3.8) is 0 Å². The van der Waals surface area contributed by atoms with Crippen molar-refractivity contribution in [3.8, 4) is 5.69 Å². The zero-order valence-electron chi connectivity index (χ0n) is 12.4. The van der Waals surface area contributed by atoms with Gasteiger partial charge in [-0.25, -0.2) is 4.98 Å². The Hall–Kier alpha value is -2.73. The highest BCUT2D eigenvalue weighted by atomic mass is 32.1.